The number of furan rings is 1. The number of pyridine rings is 1. The predicted molar refractivity (Wildman–Crippen MR) is 237 cm³/mol. The quantitative estimate of drug-likeness (QED) is 0.0868. The molecule has 0 aliphatic carbocycles. The first-order chi connectivity index (χ1) is 29.9. The maximum Gasteiger partial charge on any atom is 0.278 e. The fourth-order valence-corrected chi connectivity index (χ4v) is 8.31. The lowest BCUT2D eigenvalue weighted by Gasteiger charge is -2.36. The number of hydrogen-bond acceptors (Lipinski definition) is 12. The van der Waals surface area contributed by atoms with Crippen molar-refractivity contribution < 1.29 is 23.9 Å². The number of carbonyl (C=O) groups excluding carboxylic acids is 3. The standard InChI is InChI=1S/C46H46N10O6/c1-4-20-55-44(60)34-26-48-45(52-42(34)56(55)38-7-5-6-37(50-38)46(2,3)61)49-29-9-12-31(13-10-29)53-21-23-54(24-22-53)40(58)18-19-47-30-11-14-32-28(25-30)8-16-36-41(32)35(27-62-36)33-15-17-39(57)51-43(33)59/h4-14,16,25-27,33,47,61H,1,15,17-24H2,2-3H3,(H,48,49,52)(H,51,57,59). The molecular weight excluding hydrogens is 789 g/mol. The van der Waals surface area contributed by atoms with Gasteiger partial charge in [0.2, 0.25) is 23.7 Å². The lowest BCUT2D eigenvalue weighted by atomic mass is 9.89. The van der Waals surface area contributed by atoms with E-state index in [9.17, 15) is 24.3 Å². The van der Waals surface area contributed by atoms with E-state index < -0.39 is 11.5 Å². The highest BCUT2D eigenvalue weighted by Crippen LogP contribution is 2.37. The summed E-state index contributed by atoms with van der Waals surface area (Å²) in [5.74, 6) is -0.177. The molecular formula is C46H46N10O6. The largest absolute Gasteiger partial charge is 0.464 e. The van der Waals surface area contributed by atoms with Gasteiger partial charge in [-0.25, -0.2) is 19.3 Å². The van der Waals surface area contributed by atoms with Crippen LogP contribution in [-0.4, -0.2) is 84.8 Å². The molecule has 0 bridgehead atoms. The summed E-state index contributed by atoms with van der Waals surface area (Å²) in [6.07, 6.45) is 5.84. The zero-order valence-electron chi connectivity index (χ0n) is 34.4. The van der Waals surface area contributed by atoms with Crippen LogP contribution in [0.1, 0.15) is 50.3 Å². The molecule has 3 amide bonds. The number of amides is 3. The summed E-state index contributed by atoms with van der Waals surface area (Å²) >= 11 is 0. The Labute approximate surface area is 355 Å². The number of allylic oxidation sites excluding steroid dienone is 1. The Morgan fingerprint density at radius 2 is 1.77 bits per heavy atom. The second kappa shape index (κ2) is 16.3. The molecule has 0 spiro atoms. The van der Waals surface area contributed by atoms with Crippen LogP contribution >= 0.6 is 0 Å². The number of nitrogens with zero attached hydrogens (tertiary/aromatic N) is 7. The fourth-order valence-electron chi connectivity index (χ4n) is 8.31. The van der Waals surface area contributed by atoms with E-state index in [1.165, 1.54) is 10.9 Å². The predicted octanol–water partition coefficient (Wildman–Crippen LogP) is 5.70. The normalized spacial score (nSPS) is 16.0. The minimum atomic E-state index is -1.19. The first-order valence-corrected chi connectivity index (χ1v) is 20.7. The van der Waals surface area contributed by atoms with Crippen LogP contribution in [-0.2, 0) is 26.5 Å². The minimum Gasteiger partial charge on any atom is -0.464 e. The molecule has 16 heteroatoms. The SMILES string of the molecule is C=CCn1c(=O)c2cnc(Nc3ccc(N4CCN(C(=O)CCNc5ccc6c(ccc7occ(C8CCC(=O)NC8=O)c76)c5)CC4)cc3)nc2n1-c1cccc(C(C)(C)O)n1. The van der Waals surface area contributed by atoms with Crippen molar-refractivity contribution in [1.82, 2.24) is 34.5 Å². The fraction of sp³-hybridized carbons (Fsp3) is 0.283. The van der Waals surface area contributed by atoms with E-state index in [0.29, 0.717) is 86.1 Å². The molecule has 16 nitrogen and oxygen atoms in total. The van der Waals surface area contributed by atoms with E-state index in [2.05, 4.69) is 37.4 Å². The van der Waals surface area contributed by atoms with Gasteiger partial charge in [0.25, 0.3) is 5.56 Å². The smallest absolute Gasteiger partial charge is 0.278 e. The van der Waals surface area contributed by atoms with Crippen LogP contribution in [0.25, 0.3) is 38.6 Å². The van der Waals surface area contributed by atoms with Crippen molar-refractivity contribution in [2.24, 2.45) is 0 Å². The summed E-state index contributed by atoms with van der Waals surface area (Å²) in [7, 11) is 0. The van der Waals surface area contributed by atoms with E-state index in [4.69, 9.17) is 9.40 Å². The molecule has 0 radical (unpaired) electrons. The number of carbonyl (C=O) groups is 3. The van der Waals surface area contributed by atoms with E-state index in [-0.39, 0.29) is 29.8 Å². The van der Waals surface area contributed by atoms with Crippen molar-refractivity contribution in [3.05, 3.63) is 120 Å². The van der Waals surface area contributed by atoms with Gasteiger partial charge in [-0.1, -0.05) is 24.3 Å². The summed E-state index contributed by atoms with van der Waals surface area (Å²) in [4.78, 5) is 69.0. The molecule has 62 heavy (non-hydrogen) atoms. The average Bonchev–Trinajstić information content (AvgIpc) is 3.82. The van der Waals surface area contributed by atoms with Crippen LogP contribution < -0.4 is 26.4 Å². The van der Waals surface area contributed by atoms with Gasteiger partial charge in [0.15, 0.2) is 11.5 Å². The van der Waals surface area contributed by atoms with Gasteiger partial charge in [-0.3, -0.25) is 24.5 Å². The van der Waals surface area contributed by atoms with E-state index >= 15 is 0 Å². The highest BCUT2D eigenvalue weighted by molar-refractivity contribution is 6.11. The van der Waals surface area contributed by atoms with Gasteiger partial charge in [0.05, 0.1) is 24.4 Å². The molecule has 0 saturated carbocycles. The highest BCUT2D eigenvalue weighted by Gasteiger charge is 2.31. The highest BCUT2D eigenvalue weighted by atomic mass is 16.3. The number of hydrogen-bond donors (Lipinski definition) is 4. The Balaban J connectivity index is 0.801. The first-order valence-electron chi connectivity index (χ1n) is 20.7. The molecule has 1 atom stereocenters. The molecule has 3 aromatic carbocycles. The molecule has 2 fully saturated rings. The molecule has 2 saturated heterocycles. The van der Waals surface area contributed by atoms with Crippen molar-refractivity contribution in [3.63, 3.8) is 0 Å². The van der Waals surface area contributed by atoms with E-state index in [1.54, 1.807) is 49.1 Å². The molecule has 6 heterocycles. The van der Waals surface area contributed by atoms with Gasteiger partial charge < -0.3 is 30.0 Å². The molecule has 316 valence electrons. The third-order valence-corrected chi connectivity index (χ3v) is 11.5. The Morgan fingerprint density at radius 3 is 2.53 bits per heavy atom. The van der Waals surface area contributed by atoms with Gasteiger partial charge in [-0.2, -0.15) is 4.98 Å². The monoisotopic (exact) mass is 834 g/mol. The van der Waals surface area contributed by atoms with Crippen LogP contribution in [0, 0.1) is 0 Å². The number of benzene rings is 3. The Kier molecular flexibility index (Phi) is 10.5. The zero-order chi connectivity index (χ0) is 43.1. The molecule has 9 rings (SSSR count). The van der Waals surface area contributed by atoms with Crippen molar-refractivity contribution in [3.8, 4) is 5.82 Å². The molecule has 4 N–H and O–H groups in total. The van der Waals surface area contributed by atoms with E-state index in [1.807, 2.05) is 59.5 Å². The van der Waals surface area contributed by atoms with Crippen molar-refractivity contribution >= 4 is 73.5 Å². The molecule has 2 aliphatic heterocycles. The summed E-state index contributed by atoms with van der Waals surface area (Å²) in [5.41, 5.74) is 3.49. The van der Waals surface area contributed by atoms with Crippen LogP contribution in [0.2, 0.25) is 0 Å². The second-order valence-corrected chi connectivity index (χ2v) is 16.1. The minimum absolute atomic E-state index is 0.0921. The maximum absolute atomic E-state index is 13.4. The summed E-state index contributed by atoms with van der Waals surface area (Å²) in [6, 6.07) is 23.1. The molecule has 4 aromatic heterocycles. The van der Waals surface area contributed by atoms with Gasteiger partial charge in [-0.15, -0.1) is 6.58 Å². The van der Waals surface area contributed by atoms with Crippen LogP contribution in [0.15, 0.2) is 107 Å². The topological polar surface area (TPSA) is 193 Å². The molecule has 2 aliphatic rings. The summed E-state index contributed by atoms with van der Waals surface area (Å²) in [6.45, 7) is 10.4. The number of nitrogens with one attached hydrogen (secondary N) is 3. The van der Waals surface area contributed by atoms with Crippen molar-refractivity contribution in [2.75, 3.05) is 48.3 Å². The number of piperidine rings is 1. The number of fused-ring (bicyclic) bond motifs is 4. The summed E-state index contributed by atoms with van der Waals surface area (Å²) in [5, 5.41) is 22.8. The summed E-state index contributed by atoms with van der Waals surface area (Å²) < 4.78 is 8.92. The van der Waals surface area contributed by atoms with Crippen molar-refractivity contribution in [1.29, 1.82) is 0 Å². The number of imide groups is 1. The average molecular weight is 835 g/mol. The van der Waals surface area contributed by atoms with Crippen LogP contribution in [0.4, 0.5) is 23.0 Å². The first kappa shape index (κ1) is 40.1. The van der Waals surface area contributed by atoms with E-state index in [0.717, 1.165) is 38.8 Å². The number of anilines is 4. The zero-order valence-corrected chi connectivity index (χ0v) is 34.4. The van der Waals surface area contributed by atoms with Crippen molar-refractivity contribution in [2.45, 2.75) is 51.2 Å². The maximum atomic E-state index is 13.4. The lowest BCUT2D eigenvalue weighted by molar-refractivity contribution is -0.134. The Bertz CT molecular complexity index is 2940. The number of aromatic nitrogens is 5. The molecule has 1 unspecified atom stereocenters. The Hall–Kier alpha value is -7.33. The third-order valence-electron chi connectivity index (χ3n) is 11.5. The number of piperazine rings is 1. The van der Waals surface area contributed by atoms with Crippen LogP contribution in [0.3, 0.4) is 0 Å². The number of aliphatic hydroxyl groups is 1. The second-order valence-electron chi connectivity index (χ2n) is 16.1. The van der Waals surface area contributed by atoms with Crippen LogP contribution in [0.5, 0.6) is 0 Å². The van der Waals surface area contributed by atoms with Gasteiger partial charge >= 0.3 is 0 Å². The molecule has 7 aromatic rings. The van der Waals surface area contributed by atoms with Gasteiger partial charge in [-0.05, 0) is 85.6 Å². The third kappa shape index (κ3) is 7.75. The lowest BCUT2D eigenvalue weighted by Crippen LogP contribution is -2.49. The Morgan fingerprint density at radius 1 is 0.984 bits per heavy atom. The van der Waals surface area contributed by atoms with Gasteiger partial charge in [0, 0.05) is 79.8 Å². The van der Waals surface area contributed by atoms with Gasteiger partial charge in [0.1, 0.15) is 16.6 Å². The number of rotatable bonds is 12.